The predicted octanol–water partition coefficient (Wildman–Crippen LogP) is 1.48. The van der Waals surface area contributed by atoms with E-state index in [4.69, 9.17) is 4.74 Å². The molecule has 1 aromatic rings. The van der Waals surface area contributed by atoms with E-state index in [0.717, 1.165) is 4.90 Å². The molecule has 1 fully saturated rings. The van der Waals surface area contributed by atoms with Crippen LogP contribution in [0.4, 0.5) is 0 Å². The van der Waals surface area contributed by atoms with Gasteiger partial charge in [0.05, 0.1) is 13.0 Å². The van der Waals surface area contributed by atoms with Gasteiger partial charge in [0, 0.05) is 10.9 Å². The number of hydrogen-bond donors (Lipinski definition) is 0. The molecule has 1 amide bonds. The Morgan fingerprint density at radius 3 is 2.61 bits per heavy atom. The molecule has 0 radical (unpaired) electrons. The Morgan fingerprint density at radius 1 is 1.30 bits per heavy atom. The van der Waals surface area contributed by atoms with Crippen LogP contribution in [0.3, 0.4) is 0 Å². The summed E-state index contributed by atoms with van der Waals surface area (Å²) < 4.78 is 29.9. The zero-order valence-corrected chi connectivity index (χ0v) is 14.5. The third-order valence-corrected chi connectivity index (χ3v) is 5.96. The lowest BCUT2D eigenvalue weighted by Crippen LogP contribution is -2.60. The Balaban J connectivity index is 2.08. The minimum Gasteiger partial charge on any atom is -0.494 e. The van der Waals surface area contributed by atoms with Crippen LogP contribution in [0.25, 0.3) is 0 Å². The van der Waals surface area contributed by atoms with Gasteiger partial charge in [-0.2, -0.15) is 0 Å². The zero-order valence-electron chi connectivity index (χ0n) is 12.1. The number of carbonyl (C=O) groups excluding carboxylic acids is 2. The molecule has 1 saturated heterocycles. The molecule has 0 aliphatic carbocycles. The normalized spacial score (nSPS) is 22.4. The monoisotopic (exact) mass is 399 g/mol. The van der Waals surface area contributed by atoms with Crippen molar-refractivity contribution in [3.8, 4) is 0 Å². The SMILES string of the molecule is O=C(C1=C(OCCBr)CS(=O)(=O)[C@H]2CC(=O)N12)c1ccccc1. The van der Waals surface area contributed by atoms with E-state index in [1.165, 1.54) is 0 Å². The number of alkyl halides is 1. The highest BCUT2D eigenvalue weighted by Gasteiger charge is 2.53. The topological polar surface area (TPSA) is 80.8 Å². The molecule has 6 nitrogen and oxygen atoms in total. The summed E-state index contributed by atoms with van der Waals surface area (Å²) in [6, 6.07) is 8.44. The van der Waals surface area contributed by atoms with Crippen LogP contribution >= 0.6 is 15.9 Å². The van der Waals surface area contributed by atoms with Gasteiger partial charge in [-0.15, -0.1) is 0 Å². The van der Waals surface area contributed by atoms with Crippen molar-refractivity contribution in [3.05, 3.63) is 47.4 Å². The van der Waals surface area contributed by atoms with Gasteiger partial charge in [-0.1, -0.05) is 46.3 Å². The summed E-state index contributed by atoms with van der Waals surface area (Å²) >= 11 is 3.20. The fraction of sp³-hybridized carbons (Fsp3) is 0.333. The molecule has 0 saturated carbocycles. The van der Waals surface area contributed by atoms with E-state index in [1.807, 2.05) is 0 Å². The number of β-lactam (4-membered cyclic amide) rings is 1. The maximum Gasteiger partial charge on any atom is 0.231 e. The molecule has 1 aromatic carbocycles. The second-order valence-corrected chi connectivity index (χ2v) is 8.19. The molecule has 0 bridgehead atoms. The fourth-order valence-electron chi connectivity index (χ4n) is 2.66. The number of Topliss-reactive ketones (excluding diaryl/α,β-unsaturated/α-hetero) is 1. The van der Waals surface area contributed by atoms with Crippen LogP contribution in [-0.2, 0) is 19.4 Å². The van der Waals surface area contributed by atoms with E-state index >= 15 is 0 Å². The number of ketones is 1. The van der Waals surface area contributed by atoms with Crippen LogP contribution in [0.15, 0.2) is 41.8 Å². The number of rotatable bonds is 5. The second-order valence-electron chi connectivity index (χ2n) is 5.23. The van der Waals surface area contributed by atoms with Crippen LogP contribution in [-0.4, -0.2) is 48.1 Å². The molecule has 8 heteroatoms. The minimum atomic E-state index is -3.53. The molecule has 0 N–H and O–H groups in total. The number of allylic oxidation sites excluding steroid dienone is 1. The zero-order chi connectivity index (χ0) is 16.6. The van der Waals surface area contributed by atoms with Gasteiger partial charge >= 0.3 is 0 Å². The van der Waals surface area contributed by atoms with Crippen molar-refractivity contribution in [1.82, 2.24) is 4.90 Å². The largest absolute Gasteiger partial charge is 0.494 e. The van der Waals surface area contributed by atoms with Crippen LogP contribution in [0.5, 0.6) is 0 Å². The third-order valence-electron chi connectivity index (χ3n) is 3.76. The number of halogens is 1. The van der Waals surface area contributed by atoms with Crippen LogP contribution in [0.2, 0.25) is 0 Å². The second kappa shape index (κ2) is 6.09. The number of amides is 1. The van der Waals surface area contributed by atoms with E-state index in [0.29, 0.717) is 10.9 Å². The molecule has 0 unspecified atom stereocenters. The molecule has 23 heavy (non-hydrogen) atoms. The van der Waals surface area contributed by atoms with Crippen molar-refractivity contribution in [2.24, 2.45) is 0 Å². The number of sulfone groups is 1. The molecule has 2 heterocycles. The van der Waals surface area contributed by atoms with Gasteiger partial charge in [-0.05, 0) is 0 Å². The molecule has 122 valence electrons. The van der Waals surface area contributed by atoms with Crippen molar-refractivity contribution in [2.45, 2.75) is 11.8 Å². The maximum atomic E-state index is 12.8. The van der Waals surface area contributed by atoms with Crippen molar-refractivity contribution in [3.63, 3.8) is 0 Å². The summed E-state index contributed by atoms with van der Waals surface area (Å²) in [4.78, 5) is 25.8. The first-order chi connectivity index (χ1) is 11.0. The van der Waals surface area contributed by atoms with Crippen molar-refractivity contribution in [2.75, 3.05) is 17.7 Å². The Hall–Kier alpha value is -1.67. The Morgan fingerprint density at radius 2 is 2.00 bits per heavy atom. The lowest BCUT2D eigenvalue weighted by Gasteiger charge is -2.44. The first-order valence-electron chi connectivity index (χ1n) is 7.01. The van der Waals surface area contributed by atoms with E-state index in [2.05, 4.69) is 15.9 Å². The van der Waals surface area contributed by atoms with Gasteiger partial charge in [-0.25, -0.2) is 8.42 Å². The highest BCUT2D eigenvalue weighted by Crippen LogP contribution is 2.37. The van der Waals surface area contributed by atoms with Crippen molar-refractivity contribution >= 4 is 37.5 Å². The molecular weight excluding hydrogens is 386 g/mol. The van der Waals surface area contributed by atoms with E-state index < -0.39 is 21.0 Å². The van der Waals surface area contributed by atoms with Gasteiger partial charge < -0.3 is 4.74 Å². The molecule has 3 rings (SSSR count). The smallest absolute Gasteiger partial charge is 0.231 e. The summed E-state index contributed by atoms with van der Waals surface area (Å²) in [5.41, 5.74) is 0.438. The Bertz CT molecular complexity index is 787. The molecule has 2 aliphatic rings. The van der Waals surface area contributed by atoms with Gasteiger partial charge in [0.15, 0.2) is 9.84 Å². The highest BCUT2D eigenvalue weighted by molar-refractivity contribution is 9.09. The summed E-state index contributed by atoms with van der Waals surface area (Å²) in [5.74, 6) is -1.09. The Kier molecular flexibility index (Phi) is 4.29. The number of nitrogens with zero attached hydrogens (tertiary/aromatic N) is 1. The number of fused-ring (bicyclic) bond motifs is 1. The molecule has 2 aliphatic heterocycles. The summed E-state index contributed by atoms with van der Waals surface area (Å²) in [5, 5.41) is -0.463. The van der Waals surface area contributed by atoms with Crippen LogP contribution in [0.1, 0.15) is 16.8 Å². The highest BCUT2D eigenvalue weighted by atomic mass is 79.9. The number of benzene rings is 1. The molecule has 0 spiro atoms. The molecule has 0 aromatic heterocycles. The fourth-order valence-corrected chi connectivity index (χ4v) is 4.54. The summed E-state index contributed by atoms with van der Waals surface area (Å²) in [6.45, 7) is 0.211. The van der Waals surface area contributed by atoms with Crippen LogP contribution in [0, 0.1) is 0 Å². The quantitative estimate of drug-likeness (QED) is 0.425. The van der Waals surface area contributed by atoms with E-state index in [9.17, 15) is 18.0 Å². The standard InChI is InChI=1S/C15H14BrNO5S/c16-6-7-22-11-9-23(20,21)13-8-12(18)17(13)14(11)15(19)10-4-2-1-3-5-10/h1-5,13H,6-9H2/t13-/m0/s1. The van der Waals surface area contributed by atoms with Gasteiger partial charge in [0.25, 0.3) is 0 Å². The van der Waals surface area contributed by atoms with Crippen LogP contribution < -0.4 is 0 Å². The predicted molar refractivity (Wildman–Crippen MR) is 86.6 cm³/mol. The number of ether oxygens (including phenoxy) is 1. The number of carbonyl (C=O) groups is 2. The lowest BCUT2D eigenvalue weighted by atomic mass is 10.0. The van der Waals surface area contributed by atoms with E-state index in [1.54, 1.807) is 30.3 Å². The Labute approximate surface area is 142 Å². The third kappa shape index (κ3) is 2.81. The van der Waals surface area contributed by atoms with E-state index in [-0.39, 0.29) is 36.1 Å². The minimum absolute atomic E-state index is 0.0441. The van der Waals surface area contributed by atoms with Gasteiger partial charge in [-0.3, -0.25) is 14.5 Å². The van der Waals surface area contributed by atoms with Crippen molar-refractivity contribution in [1.29, 1.82) is 0 Å². The first kappa shape index (κ1) is 16.2. The average Bonchev–Trinajstić information content (AvgIpc) is 2.53. The number of hydrogen-bond acceptors (Lipinski definition) is 5. The summed E-state index contributed by atoms with van der Waals surface area (Å²) in [7, 11) is -3.53. The van der Waals surface area contributed by atoms with Gasteiger partial charge in [0.1, 0.15) is 22.6 Å². The maximum absolute atomic E-state index is 12.8. The first-order valence-corrected chi connectivity index (χ1v) is 9.84. The van der Waals surface area contributed by atoms with Gasteiger partial charge in [0.2, 0.25) is 11.7 Å². The average molecular weight is 400 g/mol. The molecular formula is C15H14BrNO5S. The lowest BCUT2D eigenvalue weighted by molar-refractivity contribution is -0.139. The van der Waals surface area contributed by atoms with Crippen molar-refractivity contribution < 1.29 is 22.7 Å². The summed E-state index contributed by atoms with van der Waals surface area (Å²) in [6.07, 6.45) is -0.0837. The molecule has 1 atom stereocenters.